The van der Waals surface area contributed by atoms with Gasteiger partial charge in [0.15, 0.2) is 23.0 Å². The van der Waals surface area contributed by atoms with Crippen molar-refractivity contribution in [1.82, 2.24) is 0 Å². The van der Waals surface area contributed by atoms with Gasteiger partial charge < -0.3 is 24.4 Å². The Kier molecular flexibility index (Phi) is 6.04. The summed E-state index contributed by atoms with van der Waals surface area (Å²) in [6.45, 7) is -0.357. The van der Waals surface area contributed by atoms with Gasteiger partial charge in [0, 0.05) is 5.56 Å². The van der Waals surface area contributed by atoms with E-state index in [1.807, 2.05) is 30.3 Å². The quantitative estimate of drug-likeness (QED) is 0.782. The molecule has 29 heavy (non-hydrogen) atoms. The minimum absolute atomic E-state index is 0.115. The highest BCUT2D eigenvalue weighted by Crippen LogP contribution is 2.38. The van der Waals surface area contributed by atoms with Crippen molar-refractivity contribution in [1.29, 1.82) is 0 Å². The molecule has 0 fully saturated rings. The smallest absolute Gasteiger partial charge is 0.261 e. The molecule has 0 spiro atoms. The molecule has 2 N–H and O–H groups in total. The van der Waals surface area contributed by atoms with Crippen molar-refractivity contribution in [3.63, 3.8) is 0 Å². The SMILES string of the molecule is COC1=CC(=C(c2ccccc2)c2cc(CO)c(O)c(OC)c2)C=C(OC)C1=O. The van der Waals surface area contributed by atoms with Gasteiger partial charge in [-0.2, -0.15) is 0 Å². The van der Waals surface area contributed by atoms with E-state index < -0.39 is 0 Å². The molecule has 0 aromatic heterocycles. The minimum atomic E-state index is -0.357. The number of hydrogen-bond donors (Lipinski definition) is 2. The Balaban J connectivity index is 2.36. The molecule has 0 saturated carbocycles. The van der Waals surface area contributed by atoms with Gasteiger partial charge in [0.25, 0.3) is 5.78 Å². The van der Waals surface area contributed by atoms with E-state index in [4.69, 9.17) is 14.2 Å². The summed E-state index contributed by atoms with van der Waals surface area (Å²) in [6.07, 6.45) is 3.29. The van der Waals surface area contributed by atoms with E-state index in [0.717, 1.165) is 11.1 Å². The number of benzene rings is 2. The summed E-state index contributed by atoms with van der Waals surface area (Å²) >= 11 is 0. The first kappa shape index (κ1) is 20.2. The predicted octanol–water partition coefficient (Wildman–Crippen LogP) is 3.34. The van der Waals surface area contributed by atoms with Crippen LogP contribution in [-0.4, -0.2) is 37.3 Å². The molecule has 1 aliphatic carbocycles. The second kappa shape index (κ2) is 8.67. The Morgan fingerprint density at radius 3 is 2.03 bits per heavy atom. The zero-order valence-electron chi connectivity index (χ0n) is 16.4. The van der Waals surface area contributed by atoms with Crippen molar-refractivity contribution in [2.24, 2.45) is 0 Å². The average Bonchev–Trinajstić information content (AvgIpc) is 2.76. The fourth-order valence-electron chi connectivity index (χ4n) is 3.22. The molecule has 0 amide bonds. The lowest BCUT2D eigenvalue weighted by Gasteiger charge is -2.19. The van der Waals surface area contributed by atoms with Gasteiger partial charge in [0.1, 0.15) is 0 Å². The van der Waals surface area contributed by atoms with Crippen LogP contribution in [0.3, 0.4) is 0 Å². The van der Waals surface area contributed by atoms with Gasteiger partial charge in [0.2, 0.25) is 0 Å². The van der Waals surface area contributed by atoms with Gasteiger partial charge in [0.05, 0.1) is 27.9 Å². The zero-order valence-corrected chi connectivity index (χ0v) is 16.4. The molecule has 0 heterocycles. The Hall–Kier alpha value is -3.51. The topological polar surface area (TPSA) is 85.2 Å². The largest absolute Gasteiger partial charge is 0.504 e. The van der Waals surface area contributed by atoms with E-state index in [1.165, 1.54) is 21.3 Å². The molecule has 3 rings (SSSR count). The summed E-state index contributed by atoms with van der Waals surface area (Å²) in [4.78, 5) is 12.4. The maximum atomic E-state index is 12.4. The van der Waals surface area contributed by atoms with E-state index in [2.05, 4.69) is 0 Å². The second-order valence-corrected chi connectivity index (χ2v) is 6.30. The summed E-state index contributed by atoms with van der Waals surface area (Å²) in [6, 6.07) is 12.9. The van der Waals surface area contributed by atoms with E-state index in [0.29, 0.717) is 16.7 Å². The Morgan fingerprint density at radius 2 is 1.52 bits per heavy atom. The van der Waals surface area contributed by atoms with E-state index in [-0.39, 0.29) is 35.4 Å². The van der Waals surface area contributed by atoms with Gasteiger partial charge in [-0.05, 0) is 46.6 Å². The molecule has 150 valence electrons. The summed E-state index contributed by atoms with van der Waals surface area (Å²) in [5.41, 5.74) is 3.33. The van der Waals surface area contributed by atoms with E-state index in [1.54, 1.807) is 24.3 Å². The molecular weight excluding hydrogens is 372 g/mol. The van der Waals surface area contributed by atoms with Crippen LogP contribution in [0.5, 0.6) is 11.5 Å². The molecule has 0 aliphatic heterocycles. The Labute approximate surface area is 169 Å². The first-order valence-corrected chi connectivity index (χ1v) is 8.90. The monoisotopic (exact) mass is 394 g/mol. The van der Waals surface area contributed by atoms with Crippen LogP contribution in [0, 0.1) is 0 Å². The maximum absolute atomic E-state index is 12.4. The highest BCUT2D eigenvalue weighted by Gasteiger charge is 2.25. The molecule has 6 heteroatoms. The molecule has 6 nitrogen and oxygen atoms in total. The van der Waals surface area contributed by atoms with Crippen LogP contribution in [0.4, 0.5) is 0 Å². The van der Waals surface area contributed by atoms with E-state index in [9.17, 15) is 15.0 Å². The van der Waals surface area contributed by atoms with Crippen molar-refractivity contribution >= 4 is 11.4 Å². The van der Waals surface area contributed by atoms with Crippen LogP contribution < -0.4 is 4.74 Å². The molecule has 2 aromatic carbocycles. The third-order valence-electron chi connectivity index (χ3n) is 4.64. The van der Waals surface area contributed by atoms with Crippen molar-refractivity contribution in [3.8, 4) is 11.5 Å². The fourth-order valence-corrected chi connectivity index (χ4v) is 3.22. The molecule has 1 aliphatic rings. The number of aliphatic hydroxyl groups excluding tert-OH is 1. The summed E-state index contributed by atoms with van der Waals surface area (Å²) in [5, 5.41) is 19.9. The number of carbonyl (C=O) groups excluding carboxylic acids is 1. The van der Waals surface area contributed by atoms with Crippen LogP contribution in [-0.2, 0) is 20.9 Å². The summed E-state index contributed by atoms with van der Waals surface area (Å²) < 4.78 is 15.8. The van der Waals surface area contributed by atoms with Crippen molar-refractivity contribution in [3.05, 3.63) is 88.4 Å². The number of allylic oxidation sites excluding steroid dienone is 3. The van der Waals surface area contributed by atoms with Crippen LogP contribution in [0.2, 0.25) is 0 Å². The second-order valence-electron chi connectivity index (χ2n) is 6.30. The Morgan fingerprint density at radius 1 is 0.897 bits per heavy atom. The maximum Gasteiger partial charge on any atom is 0.261 e. The molecular formula is C23H22O6. The van der Waals surface area contributed by atoms with Crippen molar-refractivity contribution < 1.29 is 29.2 Å². The number of ketones is 1. The first-order chi connectivity index (χ1) is 14.0. The van der Waals surface area contributed by atoms with E-state index >= 15 is 0 Å². The number of hydrogen-bond acceptors (Lipinski definition) is 6. The molecule has 0 unspecified atom stereocenters. The number of phenols is 1. The molecule has 0 bridgehead atoms. The van der Waals surface area contributed by atoms with Crippen LogP contribution >= 0.6 is 0 Å². The van der Waals surface area contributed by atoms with Crippen molar-refractivity contribution in [2.45, 2.75) is 6.61 Å². The number of carbonyl (C=O) groups is 1. The third kappa shape index (κ3) is 3.88. The van der Waals surface area contributed by atoms with Gasteiger partial charge in [-0.15, -0.1) is 0 Å². The van der Waals surface area contributed by atoms with Crippen LogP contribution in [0.15, 0.2) is 71.7 Å². The first-order valence-electron chi connectivity index (χ1n) is 8.90. The normalized spacial score (nSPS) is 13.5. The number of aliphatic hydroxyl groups is 1. The molecule has 2 aromatic rings. The lowest BCUT2D eigenvalue weighted by molar-refractivity contribution is -0.117. The highest BCUT2D eigenvalue weighted by atomic mass is 16.5. The fraction of sp³-hybridized carbons (Fsp3) is 0.174. The predicted molar refractivity (Wildman–Crippen MR) is 108 cm³/mol. The Bertz CT molecular complexity index is 964. The van der Waals surface area contributed by atoms with Crippen LogP contribution in [0.1, 0.15) is 16.7 Å². The number of ether oxygens (including phenoxy) is 3. The highest BCUT2D eigenvalue weighted by molar-refractivity contribution is 6.08. The number of methoxy groups -OCH3 is 3. The van der Waals surface area contributed by atoms with Gasteiger partial charge in [-0.1, -0.05) is 30.3 Å². The minimum Gasteiger partial charge on any atom is -0.504 e. The molecule has 0 atom stereocenters. The summed E-state index contributed by atoms with van der Waals surface area (Å²) in [5.74, 6) is 0.0860. The molecule has 0 saturated heterocycles. The molecule has 0 radical (unpaired) electrons. The number of Topliss-reactive ketones (excluding diaryl/α,β-unsaturated/α-hetero) is 1. The number of aromatic hydroxyl groups is 1. The van der Waals surface area contributed by atoms with Gasteiger partial charge in [-0.25, -0.2) is 0 Å². The lowest BCUT2D eigenvalue weighted by Crippen LogP contribution is -2.14. The standard InChI is InChI=1S/C23H22O6/c1-27-18-10-15(9-17(13-24)22(18)25)21(14-7-5-4-6-8-14)16-11-19(28-2)23(26)20(12-16)29-3/h4-12,24-25H,13H2,1-3H3. The van der Waals surface area contributed by atoms with Crippen molar-refractivity contribution in [2.75, 3.05) is 21.3 Å². The number of rotatable bonds is 6. The third-order valence-corrected chi connectivity index (χ3v) is 4.64. The zero-order chi connectivity index (χ0) is 21.0. The lowest BCUT2D eigenvalue weighted by atomic mass is 9.89. The van der Waals surface area contributed by atoms with Gasteiger partial charge in [-0.3, -0.25) is 4.79 Å². The summed E-state index contributed by atoms with van der Waals surface area (Å²) in [7, 11) is 4.30. The average molecular weight is 394 g/mol. The van der Waals surface area contributed by atoms with Gasteiger partial charge >= 0.3 is 0 Å². The van der Waals surface area contributed by atoms with Crippen LogP contribution in [0.25, 0.3) is 5.57 Å².